The van der Waals surface area contributed by atoms with Crippen LogP contribution in [0.1, 0.15) is 5.69 Å². The van der Waals surface area contributed by atoms with Crippen molar-refractivity contribution in [2.24, 2.45) is 0 Å². The van der Waals surface area contributed by atoms with Crippen molar-refractivity contribution in [3.63, 3.8) is 0 Å². The first kappa shape index (κ1) is 8.36. The Kier molecular flexibility index (Phi) is 2.16. The summed E-state index contributed by atoms with van der Waals surface area (Å²) in [6, 6.07) is 4.29. The summed E-state index contributed by atoms with van der Waals surface area (Å²) in [6.07, 6.45) is 0. The highest BCUT2D eigenvalue weighted by Gasteiger charge is 2.05. The summed E-state index contributed by atoms with van der Waals surface area (Å²) in [7, 11) is 0. The molecule has 0 aromatic carbocycles. The second-order valence-corrected chi connectivity index (χ2v) is 2.46. The summed E-state index contributed by atoms with van der Waals surface area (Å²) in [5.41, 5.74) is 0.0919. The summed E-state index contributed by atoms with van der Waals surface area (Å²) in [4.78, 5) is 11.9. The SMILES string of the molecule is N#Cc1cc(=S)cc([N+](=O)[O-])[nH]1. The first-order valence-electron chi connectivity index (χ1n) is 2.92. The highest BCUT2D eigenvalue weighted by atomic mass is 32.1. The minimum Gasteiger partial charge on any atom is -0.358 e. The number of H-pyrrole nitrogens is 1. The van der Waals surface area contributed by atoms with Crippen LogP contribution in [-0.2, 0) is 0 Å². The number of aromatic nitrogens is 1. The van der Waals surface area contributed by atoms with Crippen LogP contribution in [0.4, 0.5) is 5.82 Å². The first-order valence-corrected chi connectivity index (χ1v) is 3.33. The molecule has 0 fully saturated rings. The molecule has 0 aliphatic rings. The Morgan fingerprint density at radius 3 is 2.83 bits per heavy atom. The van der Waals surface area contributed by atoms with E-state index < -0.39 is 4.92 Å². The normalized spacial score (nSPS) is 8.92. The van der Waals surface area contributed by atoms with Gasteiger partial charge in [-0.25, -0.2) is 4.98 Å². The monoisotopic (exact) mass is 181 g/mol. The lowest BCUT2D eigenvalue weighted by molar-refractivity contribution is -0.389. The highest BCUT2D eigenvalue weighted by molar-refractivity contribution is 7.71. The number of pyridine rings is 1. The van der Waals surface area contributed by atoms with Gasteiger partial charge in [-0.2, -0.15) is 5.26 Å². The Morgan fingerprint density at radius 2 is 2.33 bits per heavy atom. The van der Waals surface area contributed by atoms with Gasteiger partial charge in [-0.3, -0.25) is 0 Å². The molecule has 0 saturated heterocycles. The smallest absolute Gasteiger partial charge is 0.323 e. The van der Waals surface area contributed by atoms with Crippen molar-refractivity contribution in [2.45, 2.75) is 0 Å². The maximum atomic E-state index is 10.2. The second-order valence-electron chi connectivity index (χ2n) is 1.98. The molecule has 12 heavy (non-hydrogen) atoms. The van der Waals surface area contributed by atoms with Crippen molar-refractivity contribution in [3.8, 4) is 6.07 Å². The lowest BCUT2D eigenvalue weighted by Crippen LogP contribution is -1.93. The average Bonchev–Trinajstić information content (AvgIpc) is 2.03. The molecule has 0 radical (unpaired) electrons. The van der Waals surface area contributed by atoms with E-state index in [-0.39, 0.29) is 16.0 Å². The molecule has 0 aliphatic carbocycles. The minimum absolute atomic E-state index is 0.0919. The lowest BCUT2D eigenvalue weighted by Gasteiger charge is -1.92. The number of nitrogens with one attached hydrogen (secondary N) is 1. The van der Waals surface area contributed by atoms with E-state index in [0.717, 1.165) is 0 Å². The number of hydrogen-bond acceptors (Lipinski definition) is 4. The Bertz CT molecular complexity index is 418. The standard InChI is InChI=1S/C6H3N3O2S/c7-3-4-1-5(12)2-6(8-4)9(10)11/h1-2H,(H,8,12). The van der Waals surface area contributed by atoms with E-state index in [1.54, 1.807) is 6.07 Å². The van der Waals surface area contributed by atoms with Crippen molar-refractivity contribution < 1.29 is 4.92 Å². The van der Waals surface area contributed by atoms with Gasteiger partial charge in [0.25, 0.3) is 0 Å². The average molecular weight is 181 g/mol. The summed E-state index contributed by atoms with van der Waals surface area (Å²) < 4.78 is 0.275. The van der Waals surface area contributed by atoms with Gasteiger partial charge in [0.05, 0.1) is 4.51 Å². The van der Waals surface area contributed by atoms with Gasteiger partial charge in [0.1, 0.15) is 6.07 Å². The number of rotatable bonds is 1. The van der Waals surface area contributed by atoms with Gasteiger partial charge >= 0.3 is 5.82 Å². The molecule has 1 N–H and O–H groups in total. The molecule has 0 atom stereocenters. The zero-order valence-corrected chi connectivity index (χ0v) is 6.59. The summed E-state index contributed by atoms with van der Waals surface area (Å²) in [6.45, 7) is 0. The predicted molar refractivity (Wildman–Crippen MR) is 43.0 cm³/mol. The molecule has 1 aromatic heterocycles. The van der Waals surface area contributed by atoms with Gasteiger partial charge in [0.15, 0.2) is 0 Å². The van der Waals surface area contributed by atoms with Gasteiger partial charge < -0.3 is 10.1 Å². The molecule has 6 heteroatoms. The zero-order valence-electron chi connectivity index (χ0n) is 5.77. The number of hydrogen-bond donors (Lipinski definition) is 1. The maximum Gasteiger partial charge on any atom is 0.323 e. The number of nitriles is 1. The third-order valence-electron chi connectivity index (χ3n) is 1.15. The van der Waals surface area contributed by atoms with Crippen LogP contribution in [0.2, 0.25) is 0 Å². The van der Waals surface area contributed by atoms with E-state index >= 15 is 0 Å². The largest absolute Gasteiger partial charge is 0.358 e. The van der Waals surface area contributed by atoms with Crippen LogP contribution < -0.4 is 0 Å². The molecule has 1 rings (SSSR count). The number of nitro groups is 1. The molecule has 5 nitrogen and oxygen atoms in total. The molecule has 0 spiro atoms. The van der Waals surface area contributed by atoms with Gasteiger partial charge in [-0.15, -0.1) is 0 Å². The molecule has 0 amide bonds. The molecule has 0 unspecified atom stereocenters. The molecule has 1 heterocycles. The molecular weight excluding hydrogens is 178 g/mol. The topological polar surface area (TPSA) is 82.7 Å². The van der Waals surface area contributed by atoms with Gasteiger partial charge in [-0.05, 0) is 4.92 Å². The Labute approximate surface area is 72.4 Å². The van der Waals surface area contributed by atoms with Crippen molar-refractivity contribution in [2.75, 3.05) is 0 Å². The molecule has 0 aliphatic heterocycles. The van der Waals surface area contributed by atoms with Crippen LogP contribution in [-0.4, -0.2) is 9.91 Å². The Morgan fingerprint density at radius 1 is 1.67 bits per heavy atom. The second kappa shape index (κ2) is 3.11. The predicted octanol–water partition coefficient (Wildman–Crippen LogP) is 1.52. The van der Waals surface area contributed by atoms with E-state index in [1.807, 2.05) is 0 Å². The van der Waals surface area contributed by atoms with Crippen LogP contribution in [0, 0.1) is 26.0 Å². The summed E-state index contributed by atoms with van der Waals surface area (Å²) >= 11 is 4.70. The zero-order chi connectivity index (χ0) is 9.14. The first-order chi connectivity index (χ1) is 5.63. The fraction of sp³-hybridized carbons (Fsp3) is 0. The van der Waals surface area contributed by atoms with Crippen molar-refractivity contribution in [3.05, 3.63) is 32.5 Å². The molecule has 0 bridgehead atoms. The van der Waals surface area contributed by atoms with Crippen LogP contribution in [0.5, 0.6) is 0 Å². The van der Waals surface area contributed by atoms with Gasteiger partial charge in [0, 0.05) is 12.1 Å². The minimum atomic E-state index is -0.628. The van der Waals surface area contributed by atoms with E-state index in [1.165, 1.54) is 12.1 Å². The van der Waals surface area contributed by atoms with E-state index in [4.69, 9.17) is 17.5 Å². The Balaban J connectivity index is 3.36. The quantitative estimate of drug-likeness (QED) is 0.404. The molecule has 1 aromatic rings. The van der Waals surface area contributed by atoms with Gasteiger partial charge in [-0.1, -0.05) is 12.2 Å². The van der Waals surface area contributed by atoms with Crippen LogP contribution in [0.25, 0.3) is 0 Å². The van der Waals surface area contributed by atoms with E-state index in [2.05, 4.69) is 4.98 Å². The third-order valence-corrected chi connectivity index (χ3v) is 1.38. The van der Waals surface area contributed by atoms with Crippen LogP contribution >= 0.6 is 12.2 Å². The highest BCUT2D eigenvalue weighted by Crippen LogP contribution is 2.08. The number of nitrogens with zero attached hydrogens (tertiary/aromatic N) is 2. The molecular formula is C6H3N3O2S. The molecule has 60 valence electrons. The van der Waals surface area contributed by atoms with E-state index in [9.17, 15) is 10.1 Å². The summed E-state index contributed by atoms with van der Waals surface area (Å²) in [5, 5.41) is 18.7. The third kappa shape index (κ3) is 1.65. The van der Waals surface area contributed by atoms with Crippen LogP contribution in [0.3, 0.4) is 0 Å². The fourth-order valence-electron chi connectivity index (χ4n) is 0.687. The molecule has 0 saturated carbocycles. The maximum absolute atomic E-state index is 10.2. The van der Waals surface area contributed by atoms with Crippen molar-refractivity contribution >= 4 is 18.0 Å². The lowest BCUT2D eigenvalue weighted by atomic mass is 10.4. The van der Waals surface area contributed by atoms with E-state index in [0.29, 0.717) is 0 Å². The van der Waals surface area contributed by atoms with Gasteiger partial charge in [0.2, 0.25) is 5.69 Å². The van der Waals surface area contributed by atoms with Crippen LogP contribution in [0.15, 0.2) is 12.1 Å². The summed E-state index contributed by atoms with van der Waals surface area (Å²) in [5.74, 6) is -0.265. The Hall–Kier alpha value is -1.74. The number of aromatic amines is 1. The van der Waals surface area contributed by atoms with Crippen molar-refractivity contribution in [1.29, 1.82) is 5.26 Å². The van der Waals surface area contributed by atoms with Crippen molar-refractivity contribution in [1.82, 2.24) is 4.98 Å². The fourth-order valence-corrected chi connectivity index (χ4v) is 0.917.